The highest BCUT2D eigenvalue weighted by atomic mass is 15.1. The lowest BCUT2D eigenvalue weighted by atomic mass is 10.0. The molecule has 2 aromatic heterocycles. The maximum Gasteiger partial charge on any atom is 0.101 e. The Balaban J connectivity index is 1.80. The van der Waals surface area contributed by atoms with Gasteiger partial charge in [-0.15, -0.1) is 0 Å². The van der Waals surface area contributed by atoms with Crippen LogP contribution >= 0.6 is 0 Å². The van der Waals surface area contributed by atoms with Gasteiger partial charge in [-0.05, 0) is 52.7 Å². The van der Waals surface area contributed by atoms with E-state index in [9.17, 15) is 5.26 Å². The highest BCUT2D eigenvalue weighted by Crippen LogP contribution is 2.31. The Hall–Kier alpha value is -3.58. The number of pyridine rings is 1. The molecule has 0 bridgehead atoms. The number of anilines is 1. The van der Waals surface area contributed by atoms with Gasteiger partial charge in [0.15, 0.2) is 0 Å². The average molecular weight is 352 g/mol. The van der Waals surface area contributed by atoms with E-state index >= 15 is 0 Å². The van der Waals surface area contributed by atoms with Gasteiger partial charge in [0.1, 0.15) is 6.07 Å². The maximum atomic E-state index is 9.37. The van der Waals surface area contributed by atoms with Crippen molar-refractivity contribution < 1.29 is 0 Å². The molecule has 4 rings (SSSR count). The summed E-state index contributed by atoms with van der Waals surface area (Å²) >= 11 is 0. The van der Waals surface area contributed by atoms with Gasteiger partial charge in [-0.2, -0.15) is 5.26 Å². The largest absolute Gasteiger partial charge is 0.378 e. The molecule has 0 saturated carbocycles. The molecule has 2 aromatic carbocycles. The van der Waals surface area contributed by atoms with Gasteiger partial charge in [-0.3, -0.25) is 4.98 Å². The highest BCUT2D eigenvalue weighted by molar-refractivity contribution is 5.90. The van der Waals surface area contributed by atoms with Gasteiger partial charge in [0.05, 0.1) is 5.56 Å². The molecule has 0 amide bonds. The molecule has 0 aliphatic heterocycles. The van der Waals surface area contributed by atoms with Gasteiger partial charge in [0.2, 0.25) is 0 Å². The molecule has 27 heavy (non-hydrogen) atoms. The Bertz CT molecular complexity index is 1180. The molecular formula is C23H20N4. The summed E-state index contributed by atoms with van der Waals surface area (Å²) < 4.78 is 2.13. The number of hydrogen-bond acceptors (Lipinski definition) is 3. The van der Waals surface area contributed by atoms with Gasteiger partial charge in [-0.25, -0.2) is 0 Å². The third-order valence-corrected chi connectivity index (χ3v) is 4.98. The standard InChI is InChI=1S/C23H20N4/c1-26(2)20-7-6-16-12-18(5-4-17(16)13-20)22-8-9-23(27(22)3)21-10-11-25-15-19(21)14-24/h4-13,15H,1-3H3. The summed E-state index contributed by atoms with van der Waals surface area (Å²) in [4.78, 5) is 6.16. The van der Waals surface area contributed by atoms with Gasteiger partial charge in [0.25, 0.3) is 0 Å². The predicted molar refractivity (Wildman–Crippen MR) is 111 cm³/mol. The average Bonchev–Trinajstić information content (AvgIpc) is 3.08. The Morgan fingerprint density at radius 3 is 2.44 bits per heavy atom. The van der Waals surface area contributed by atoms with Crippen molar-refractivity contribution in [2.24, 2.45) is 7.05 Å². The SMILES string of the molecule is CN(C)c1ccc2cc(-c3ccc(-c4ccncc4C#N)n3C)ccc2c1. The Labute approximate surface area is 158 Å². The lowest BCUT2D eigenvalue weighted by Gasteiger charge is -2.14. The second kappa shape index (κ2) is 6.62. The van der Waals surface area contributed by atoms with Crippen molar-refractivity contribution in [1.29, 1.82) is 5.26 Å². The lowest BCUT2D eigenvalue weighted by molar-refractivity contribution is 0.945. The number of nitrogens with zero attached hydrogens (tertiary/aromatic N) is 4. The van der Waals surface area contributed by atoms with Crippen molar-refractivity contribution in [2.45, 2.75) is 0 Å². The number of benzene rings is 2. The summed E-state index contributed by atoms with van der Waals surface area (Å²) in [5.41, 5.74) is 5.95. The molecule has 4 aromatic rings. The van der Waals surface area contributed by atoms with Gasteiger partial charge in [0, 0.05) is 56.2 Å². The van der Waals surface area contributed by atoms with E-state index in [1.165, 1.54) is 16.5 Å². The zero-order chi connectivity index (χ0) is 19.0. The van der Waals surface area contributed by atoms with Crippen LogP contribution in [-0.2, 0) is 7.05 Å². The molecule has 132 valence electrons. The topological polar surface area (TPSA) is 44.9 Å². The first-order chi connectivity index (χ1) is 13.1. The Morgan fingerprint density at radius 2 is 1.67 bits per heavy atom. The number of aromatic nitrogens is 2. The monoisotopic (exact) mass is 352 g/mol. The van der Waals surface area contributed by atoms with Crippen LogP contribution in [0.3, 0.4) is 0 Å². The molecule has 0 fully saturated rings. The van der Waals surface area contributed by atoms with E-state index in [4.69, 9.17) is 0 Å². The quantitative estimate of drug-likeness (QED) is 0.530. The zero-order valence-electron chi connectivity index (χ0n) is 15.6. The van der Waals surface area contributed by atoms with E-state index in [0.717, 1.165) is 22.5 Å². The van der Waals surface area contributed by atoms with Crippen LogP contribution in [0.15, 0.2) is 67.0 Å². The molecule has 0 aliphatic carbocycles. The first-order valence-electron chi connectivity index (χ1n) is 8.80. The van der Waals surface area contributed by atoms with Crippen LogP contribution in [0, 0.1) is 11.3 Å². The van der Waals surface area contributed by atoms with Crippen molar-refractivity contribution in [3.63, 3.8) is 0 Å². The molecule has 0 unspecified atom stereocenters. The van der Waals surface area contributed by atoms with Crippen LogP contribution < -0.4 is 4.90 Å². The minimum absolute atomic E-state index is 0.583. The lowest BCUT2D eigenvalue weighted by Crippen LogP contribution is -2.07. The van der Waals surface area contributed by atoms with E-state index in [1.54, 1.807) is 12.4 Å². The fraction of sp³-hybridized carbons (Fsp3) is 0.130. The van der Waals surface area contributed by atoms with E-state index in [0.29, 0.717) is 5.56 Å². The maximum absolute atomic E-state index is 9.37. The van der Waals surface area contributed by atoms with E-state index in [1.807, 2.05) is 13.1 Å². The van der Waals surface area contributed by atoms with E-state index in [-0.39, 0.29) is 0 Å². The molecule has 4 nitrogen and oxygen atoms in total. The highest BCUT2D eigenvalue weighted by Gasteiger charge is 2.12. The third kappa shape index (κ3) is 2.94. The number of rotatable bonds is 3. The second-order valence-electron chi connectivity index (χ2n) is 6.84. The van der Waals surface area contributed by atoms with Gasteiger partial charge < -0.3 is 9.47 Å². The normalized spacial score (nSPS) is 10.7. The fourth-order valence-corrected chi connectivity index (χ4v) is 3.45. The number of nitriles is 1. The molecule has 2 heterocycles. The van der Waals surface area contributed by atoms with Crippen molar-refractivity contribution in [1.82, 2.24) is 9.55 Å². The van der Waals surface area contributed by atoms with Crippen LogP contribution in [0.1, 0.15) is 5.56 Å². The van der Waals surface area contributed by atoms with Gasteiger partial charge in [-0.1, -0.05) is 18.2 Å². The molecule has 0 radical (unpaired) electrons. The minimum atomic E-state index is 0.583. The fourth-order valence-electron chi connectivity index (χ4n) is 3.45. The van der Waals surface area contributed by atoms with Crippen LogP contribution in [0.4, 0.5) is 5.69 Å². The zero-order valence-corrected chi connectivity index (χ0v) is 15.6. The molecule has 0 N–H and O–H groups in total. The van der Waals surface area contributed by atoms with Crippen molar-refractivity contribution in [3.05, 3.63) is 72.6 Å². The minimum Gasteiger partial charge on any atom is -0.378 e. The van der Waals surface area contributed by atoms with Crippen LogP contribution in [-0.4, -0.2) is 23.6 Å². The summed E-state index contributed by atoms with van der Waals surface area (Å²) in [5.74, 6) is 0. The Morgan fingerprint density at radius 1 is 0.926 bits per heavy atom. The van der Waals surface area contributed by atoms with Crippen molar-refractivity contribution >= 4 is 16.5 Å². The van der Waals surface area contributed by atoms with E-state index in [2.05, 4.69) is 83.1 Å². The first-order valence-corrected chi connectivity index (χ1v) is 8.80. The number of hydrogen-bond donors (Lipinski definition) is 0. The van der Waals surface area contributed by atoms with E-state index < -0.39 is 0 Å². The molecule has 0 aliphatic rings. The summed E-state index contributed by atoms with van der Waals surface area (Å²) in [6.45, 7) is 0. The number of fused-ring (bicyclic) bond motifs is 1. The summed E-state index contributed by atoms with van der Waals surface area (Å²) in [6.07, 6.45) is 3.33. The van der Waals surface area contributed by atoms with Crippen LogP contribution in [0.25, 0.3) is 33.3 Å². The molecule has 4 heteroatoms. The third-order valence-electron chi connectivity index (χ3n) is 4.98. The van der Waals surface area contributed by atoms with Crippen LogP contribution in [0.2, 0.25) is 0 Å². The van der Waals surface area contributed by atoms with Crippen molar-refractivity contribution in [3.8, 4) is 28.6 Å². The second-order valence-corrected chi connectivity index (χ2v) is 6.84. The smallest absolute Gasteiger partial charge is 0.101 e. The molecule has 0 saturated heterocycles. The van der Waals surface area contributed by atoms with Gasteiger partial charge >= 0.3 is 0 Å². The summed E-state index contributed by atoms with van der Waals surface area (Å²) in [7, 11) is 6.14. The molecular weight excluding hydrogens is 332 g/mol. The molecule has 0 spiro atoms. The van der Waals surface area contributed by atoms with Crippen LogP contribution in [0.5, 0.6) is 0 Å². The molecule has 0 atom stereocenters. The van der Waals surface area contributed by atoms with Crippen molar-refractivity contribution in [2.75, 3.05) is 19.0 Å². The summed E-state index contributed by atoms with van der Waals surface area (Å²) in [6, 6.07) is 21.3. The summed E-state index contributed by atoms with van der Waals surface area (Å²) in [5, 5.41) is 11.8. The first kappa shape index (κ1) is 16.9. The Kier molecular flexibility index (Phi) is 4.13. The predicted octanol–water partition coefficient (Wildman–Crippen LogP) is 4.84.